The van der Waals surface area contributed by atoms with Gasteiger partial charge in [-0.25, -0.2) is 4.98 Å². The van der Waals surface area contributed by atoms with Gasteiger partial charge in [-0.1, -0.05) is 6.07 Å². The highest BCUT2D eigenvalue weighted by atomic mass is 16.5. The molecule has 5 heteroatoms. The summed E-state index contributed by atoms with van der Waals surface area (Å²) in [6, 6.07) is 4.17. The Hall–Kier alpha value is -1.72. The van der Waals surface area contributed by atoms with Gasteiger partial charge in [-0.3, -0.25) is 9.88 Å². The molecule has 1 atom stereocenters. The summed E-state index contributed by atoms with van der Waals surface area (Å²) >= 11 is 0. The summed E-state index contributed by atoms with van der Waals surface area (Å²) in [6.07, 6.45) is 11.9. The fraction of sp³-hybridized carbons (Fsp3) is 0.529. The topological polar surface area (TPSA) is 43.2 Å². The van der Waals surface area contributed by atoms with E-state index >= 15 is 0 Å². The second-order valence-electron chi connectivity index (χ2n) is 5.98. The summed E-state index contributed by atoms with van der Waals surface area (Å²) in [4.78, 5) is 10.9. The van der Waals surface area contributed by atoms with Crippen LogP contribution in [-0.4, -0.2) is 45.7 Å². The van der Waals surface area contributed by atoms with Gasteiger partial charge in [-0.15, -0.1) is 0 Å². The lowest BCUT2D eigenvalue weighted by atomic mass is 10.1. The largest absolute Gasteiger partial charge is 0.381 e. The Morgan fingerprint density at radius 2 is 2.32 bits per heavy atom. The highest BCUT2D eigenvalue weighted by Crippen LogP contribution is 2.16. The molecule has 0 aromatic carbocycles. The maximum Gasteiger partial charge on any atom is 0.0945 e. The highest BCUT2D eigenvalue weighted by Gasteiger charge is 2.19. The zero-order valence-electron chi connectivity index (χ0n) is 13.0. The molecule has 0 radical (unpaired) electrons. The zero-order valence-corrected chi connectivity index (χ0v) is 13.0. The molecule has 2 aromatic rings. The van der Waals surface area contributed by atoms with Crippen molar-refractivity contribution in [3.8, 4) is 0 Å². The Morgan fingerprint density at radius 3 is 3.05 bits per heavy atom. The van der Waals surface area contributed by atoms with Crippen LogP contribution in [0, 0.1) is 5.92 Å². The van der Waals surface area contributed by atoms with Crippen molar-refractivity contribution in [1.82, 2.24) is 19.4 Å². The summed E-state index contributed by atoms with van der Waals surface area (Å²) in [6.45, 7) is 6.01. The molecule has 0 saturated carbocycles. The average Bonchev–Trinajstić information content (AvgIpc) is 3.22. The summed E-state index contributed by atoms with van der Waals surface area (Å²) in [7, 11) is 0. The number of aromatic nitrogens is 3. The third kappa shape index (κ3) is 4.64. The van der Waals surface area contributed by atoms with Crippen molar-refractivity contribution in [3.63, 3.8) is 0 Å². The Bertz CT molecular complexity index is 523. The van der Waals surface area contributed by atoms with Gasteiger partial charge in [0.05, 0.1) is 12.9 Å². The molecule has 2 aromatic heterocycles. The molecule has 3 rings (SSSR count). The fourth-order valence-electron chi connectivity index (χ4n) is 2.97. The predicted octanol–water partition coefficient (Wildman–Crippen LogP) is 2.21. The van der Waals surface area contributed by atoms with Crippen LogP contribution in [0.3, 0.4) is 0 Å². The van der Waals surface area contributed by atoms with Crippen LogP contribution in [0.25, 0.3) is 0 Å². The van der Waals surface area contributed by atoms with E-state index in [1.54, 1.807) is 0 Å². The molecule has 118 valence electrons. The summed E-state index contributed by atoms with van der Waals surface area (Å²) in [5.74, 6) is 0.671. The first-order chi connectivity index (χ1) is 10.9. The van der Waals surface area contributed by atoms with E-state index in [0.717, 1.165) is 45.8 Å². The average molecular weight is 300 g/mol. The van der Waals surface area contributed by atoms with Crippen molar-refractivity contribution in [2.45, 2.75) is 25.9 Å². The van der Waals surface area contributed by atoms with Gasteiger partial charge < -0.3 is 9.30 Å². The van der Waals surface area contributed by atoms with Crippen LogP contribution in [0.5, 0.6) is 0 Å². The Labute approximate surface area is 131 Å². The minimum atomic E-state index is 0.671. The Kier molecular flexibility index (Phi) is 5.56. The van der Waals surface area contributed by atoms with Crippen LogP contribution in [0.4, 0.5) is 0 Å². The number of hydrogen-bond donors (Lipinski definition) is 0. The lowest BCUT2D eigenvalue weighted by Gasteiger charge is -2.25. The molecular formula is C17H24N4O. The normalized spacial score (nSPS) is 18.1. The van der Waals surface area contributed by atoms with Crippen molar-refractivity contribution in [1.29, 1.82) is 0 Å². The fourth-order valence-corrected chi connectivity index (χ4v) is 2.97. The second-order valence-corrected chi connectivity index (χ2v) is 5.98. The molecule has 1 fully saturated rings. The number of imidazole rings is 1. The monoisotopic (exact) mass is 300 g/mol. The molecule has 0 bridgehead atoms. The van der Waals surface area contributed by atoms with Gasteiger partial charge in [0.25, 0.3) is 0 Å². The van der Waals surface area contributed by atoms with Crippen LogP contribution >= 0.6 is 0 Å². The van der Waals surface area contributed by atoms with Crippen LogP contribution < -0.4 is 0 Å². The smallest absolute Gasteiger partial charge is 0.0945 e. The minimum Gasteiger partial charge on any atom is -0.381 e. The van der Waals surface area contributed by atoms with Gasteiger partial charge in [0.1, 0.15) is 0 Å². The second kappa shape index (κ2) is 8.06. The maximum absolute atomic E-state index is 5.52. The molecule has 0 spiro atoms. The Balaban J connectivity index is 1.52. The maximum atomic E-state index is 5.52. The van der Waals surface area contributed by atoms with Crippen LogP contribution in [0.15, 0.2) is 43.2 Å². The number of ether oxygens (including phenoxy) is 1. The molecule has 22 heavy (non-hydrogen) atoms. The molecule has 1 aliphatic heterocycles. The van der Waals surface area contributed by atoms with Crippen molar-refractivity contribution in [3.05, 3.63) is 48.8 Å². The first kappa shape index (κ1) is 15.2. The van der Waals surface area contributed by atoms with E-state index in [-0.39, 0.29) is 0 Å². The summed E-state index contributed by atoms with van der Waals surface area (Å²) in [5.41, 5.74) is 1.28. The SMILES string of the molecule is c1cncc(CN(CCCn2ccnc2)CC2CCOC2)c1. The lowest BCUT2D eigenvalue weighted by molar-refractivity contribution is 0.163. The third-order valence-corrected chi connectivity index (χ3v) is 4.12. The van der Waals surface area contributed by atoms with Crippen LogP contribution in [-0.2, 0) is 17.8 Å². The van der Waals surface area contributed by atoms with Gasteiger partial charge in [-0.2, -0.15) is 0 Å². The first-order valence-electron chi connectivity index (χ1n) is 8.05. The van der Waals surface area contributed by atoms with Crippen LogP contribution in [0.1, 0.15) is 18.4 Å². The molecule has 3 heterocycles. The number of nitrogens with zero attached hydrogens (tertiary/aromatic N) is 4. The molecule has 5 nitrogen and oxygen atoms in total. The van der Waals surface area contributed by atoms with E-state index in [1.165, 1.54) is 12.0 Å². The standard InChI is InChI=1S/C17H24N4O/c1-3-16(11-18-5-1)12-21(13-17-4-10-22-14-17)8-2-7-20-9-6-19-15-20/h1,3,5-6,9,11,15,17H,2,4,7-8,10,12-14H2. The number of hydrogen-bond acceptors (Lipinski definition) is 4. The molecule has 1 unspecified atom stereocenters. The van der Waals surface area contributed by atoms with Gasteiger partial charge >= 0.3 is 0 Å². The predicted molar refractivity (Wildman–Crippen MR) is 85.3 cm³/mol. The number of pyridine rings is 1. The minimum absolute atomic E-state index is 0.671. The van der Waals surface area contributed by atoms with Gasteiger partial charge in [0.15, 0.2) is 0 Å². The third-order valence-electron chi connectivity index (χ3n) is 4.12. The lowest BCUT2D eigenvalue weighted by Crippen LogP contribution is -2.31. The van der Waals surface area contributed by atoms with Gasteiger partial charge in [-0.05, 0) is 30.4 Å². The zero-order chi connectivity index (χ0) is 15.0. The molecule has 1 aliphatic rings. The van der Waals surface area contributed by atoms with Crippen molar-refractivity contribution in [2.75, 3.05) is 26.3 Å². The van der Waals surface area contributed by atoms with E-state index in [2.05, 4.69) is 25.5 Å². The van der Waals surface area contributed by atoms with Crippen molar-refractivity contribution >= 4 is 0 Å². The van der Waals surface area contributed by atoms with Crippen molar-refractivity contribution in [2.24, 2.45) is 5.92 Å². The summed E-state index contributed by atoms with van der Waals surface area (Å²) in [5, 5.41) is 0. The Morgan fingerprint density at radius 1 is 1.32 bits per heavy atom. The number of aryl methyl sites for hydroxylation is 1. The van der Waals surface area contributed by atoms with Crippen LogP contribution in [0.2, 0.25) is 0 Å². The molecule has 0 N–H and O–H groups in total. The van der Waals surface area contributed by atoms with E-state index in [0.29, 0.717) is 5.92 Å². The quantitative estimate of drug-likeness (QED) is 0.749. The summed E-state index contributed by atoms with van der Waals surface area (Å²) < 4.78 is 7.66. The van der Waals surface area contributed by atoms with E-state index < -0.39 is 0 Å². The first-order valence-corrected chi connectivity index (χ1v) is 8.05. The molecule has 0 aliphatic carbocycles. The molecule has 1 saturated heterocycles. The molecular weight excluding hydrogens is 276 g/mol. The van der Waals surface area contributed by atoms with E-state index in [9.17, 15) is 0 Å². The number of rotatable bonds is 8. The van der Waals surface area contributed by atoms with E-state index in [1.807, 2.05) is 37.2 Å². The van der Waals surface area contributed by atoms with Gasteiger partial charge in [0, 0.05) is 57.6 Å². The highest BCUT2D eigenvalue weighted by molar-refractivity contribution is 5.08. The van der Waals surface area contributed by atoms with Crippen molar-refractivity contribution < 1.29 is 4.74 Å². The molecule has 0 amide bonds. The van der Waals surface area contributed by atoms with E-state index in [4.69, 9.17) is 4.74 Å². The van der Waals surface area contributed by atoms with Gasteiger partial charge in [0.2, 0.25) is 0 Å².